The molecule has 0 aromatic carbocycles. The van der Waals surface area contributed by atoms with Crippen molar-refractivity contribution in [2.45, 2.75) is 53.0 Å². The molecule has 74 valence electrons. The quantitative estimate of drug-likeness (QED) is 0.409. The van der Waals surface area contributed by atoms with Crippen LogP contribution < -0.4 is 0 Å². The van der Waals surface area contributed by atoms with E-state index in [1.165, 1.54) is 25.5 Å². The SMILES string of the molecule is C=CC(C)CCCB(C)B(C)CC. The van der Waals surface area contributed by atoms with E-state index in [4.69, 9.17) is 0 Å². The molecule has 0 aliphatic rings. The number of hydrogen-bond donors (Lipinski definition) is 0. The van der Waals surface area contributed by atoms with Crippen LogP contribution in [0.3, 0.4) is 0 Å². The Labute approximate surface area is 85.3 Å². The zero-order valence-electron chi connectivity index (χ0n) is 9.84. The minimum atomic E-state index is 0.698. The summed E-state index contributed by atoms with van der Waals surface area (Å²) in [5.41, 5.74) is 0. The van der Waals surface area contributed by atoms with Crippen molar-refractivity contribution in [3.63, 3.8) is 0 Å². The van der Waals surface area contributed by atoms with Crippen molar-refractivity contribution in [1.82, 2.24) is 0 Å². The lowest BCUT2D eigenvalue weighted by molar-refractivity contribution is 0.634. The molecule has 0 rings (SSSR count). The fraction of sp³-hybridized carbons (Fsp3) is 0.818. The molecular formula is C11H24B2. The van der Waals surface area contributed by atoms with E-state index in [-0.39, 0.29) is 0 Å². The van der Waals surface area contributed by atoms with Gasteiger partial charge >= 0.3 is 0 Å². The lowest BCUT2D eigenvalue weighted by atomic mass is 9.08. The van der Waals surface area contributed by atoms with E-state index in [9.17, 15) is 0 Å². The molecule has 0 aliphatic heterocycles. The third kappa shape index (κ3) is 6.01. The highest BCUT2D eigenvalue weighted by atomic mass is 14.0. The van der Waals surface area contributed by atoms with E-state index in [2.05, 4.69) is 40.1 Å². The Kier molecular flexibility index (Phi) is 7.22. The van der Waals surface area contributed by atoms with Gasteiger partial charge in [-0.2, -0.15) is 0 Å². The summed E-state index contributed by atoms with van der Waals surface area (Å²) < 4.78 is 0. The van der Waals surface area contributed by atoms with Gasteiger partial charge in [0, 0.05) is 0 Å². The van der Waals surface area contributed by atoms with Crippen LogP contribution in [-0.2, 0) is 0 Å². The number of allylic oxidation sites excluding steroid dienone is 1. The van der Waals surface area contributed by atoms with Crippen LogP contribution in [0.1, 0.15) is 26.7 Å². The van der Waals surface area contributed by atoms with Crippen LogP contribution in [0.2, 0.25) is 26.3 Å². The van der Waals surface area contributed by atoms with Gasteiger partial charge < -0.3 is 0 Å². The van der Waals surface area contributed by atoms with Crippen LogP contribution in [0.15, 0.2) is 12.7 Å². The topological polar surface area (TPSA) is 0 Å². The van der Waals surface area contributed by atoms with Crippen LogP contribution in [0, 0.1) is 5.92 Å². The lowest BCUT2D eigenvalue weighted by Gasteiger charge is -2.13. The van der Waals surface area contributed by atoms with Crippen molar-refractivity contribution in [2.75, 3.05) is 0 Å². The fourth-order valence-corrected chi connectivity index (χ4v) is 1.57. The molecule has 0 amide bonds. The molecule has 0 heterocycles. The van der Waals surface area contributed by atoms with E-state index >= 15 is 0 Å². The maximum Gasteiger partial charge on any atom is 0.105 e. The molecule has 1 atom stereocenters. The molecule has 0 nitrogen and oxygen atoms in total. The van der Waals surface area contributed by atoms with Gasteiger partial charge in [-0.05, 0) is 12.3 Å². The molecule has 0 fully saturated rings. The highest BCUT2D eigenvalue weighted by Crippen LogP contribution is 2.12. The second-order valence-electron chi connectivity index (χ2n) is 4.51. The van der Waals surface area contributed by atoms with Gasteiger partial charge in [0.15, 0.2) is 0 Å². The lowest BCUT2D eigenvalue weighted by Crippen LogP contribution is -2.28. The van der Waals surface area contributed by atoms with Crippen LogP contribution in [-0.4, -0.2) is 13.2 Å². The first-order valence-corrected chi connectivity index (χ1v) is 5.74. The van der Waals surface area contributed by atoms with Gasteiger partial charge in [-0.15, -0.1) is 6.58 Å². The monoisotopic (exact) mass is 178 g/mol. The predicted molar refractivity (Wildman–Crippen MR) is 67.1 cm³/mol. The highest BCUT2D eigenvalue weighted by molar-refractivity contribution is 7.21. The Morgan fingerprint density at radius 2 is 1.92 bits per heavy atom. The molecule has 0 aliphatic carbocycles. The van der Waals surface area contributed by atoms with Crippen LogP contribution in [0.25, 0.3) is 0 Å². The Morgan fingerprint density at radius 3 is 2.38 bits per heavy atom. The van der Waals surface area contributed by atoms with E-state index in [1.807, 2.05) is 0 Å². The van der Waals surface area contributed by atoms with Gasteiger partial charge in [-0.3, -0.25) is 0 Å². The molecule has 0 saturated carbocycles. The summed E-state index contributed by atoms with van der Waals surface area (Å²) in [6.45, 7) is 14.9. The normalized spacial score (nSPS) is 12.3. The zero-order chi connectivity index (χ0) is 10.3. The summed E-state index contributed by atoms with van der Waals surface area (Å²) in [4.78, 5) is 0. The molecule has 13 heavy (non-hydrogen) atoms. The van der Waals surface area contributed by atoms with Gasteiger partial charge in [0.25, 0.3) is 0 Å². The Morgan fingerprint density at radius 1 is 1.31 bits per heavy atom. The number of hydrogen-bond acceptors (Lipinski definition) is 0. The van der Waals surface area contributed by atoms with Crippen molar-refractivity contribution < 1.29 is 0 Å². The van der Waals surface area contributed by atoms with E-state index in [1.54, 1.807) is 0 Å². The number of rotatable bonds is 7. The van der Waals surface area contributed by atoms with Crippen molar-refractivity contribution in [3.8, 4) is 0 Å². The smallest absolute Gasteiger partial charge is 0.103 e. The Hall–Kier alpha value is -0.130. The summed E-state index contributed by atoms with van der Waals surface area (Å²) in [6.07, 6.45) is 7.43. The van der Waals surface area contributed by atoms with Crippen LogP contribution in [0.4, 0.5) is 0 Å². The van der Waals surface area contributed by atoms with Gasteiger partial charge in [-0.25, -0.2) is 0 Å². The molecule has 1 unspecified atom stereocenters. The van der Waals surface area contributed by atoms with Crippen molar-refractivity contribution in [3.05, 3.63) is 12.7 Å². The molecule has 0 saturated heterocycles. The van der Waals surface area contributed by atoms with Gasteiger partial charge in [0.05, 0.1) is 0 Å². The molecule has 2 heteroatoms. The van der Waals surface area contributed by atoms with E-state index in [0.29, 0.717) is 5.92 Å². The van der Waals surface area contributed by atoms with Gasteiger partial charge in [0.2, 0.25) is 0 Å². The standard InChI is InChI=1S/C11H24B2/c1-6-11(3)9-8-10-13(5)12(4)7-2/h6,11H,1,7-10H2,2-5H3. The first-order chi connectivity index (χ1) is 6.11. The second-order valence-corrected chi connectivity index (χ2v) is 4.51. The van der Waals surface area contributed by atoms with Crippen molar-refractivity contribution in [2.24, 2.45) is 5.92 Å². The maximum atomic E-state index is 3.81. The summed E-state index contributed by atoms with van der Waals surface area (Å²) in [5.74, 6) is 0.698. The summed E-state index contributed by atoms with van der Waals surface area (Å²) in [6, 6.07) is 0. The summed E-state index contributed by atoms with van der Waals surface area (Å²) >= 11 is 0. The van der Waals surface area contributed by atoms with E-state index < -0.39 is 0 Å². The minimum Gasteiger partial charge on any atom is -0.103 e. The summed E-state index contributed by atoms with van der Waals surface area (Å²) in [7, 11) is 0. The third-order valence-electron chi connectivity index (χ3n) is 3.34. The van der Waals surface area contributed by atoms with Gasteiger partial charge in [0.1, 0.15) is 13.2 Å². The average molecular weight is 178 g/mol. The van der Waals surface area contributed by atoms with Crippen LogP contribution >= 0.6 is 0 Å². The maximum absolute atomic E-state index is 3.81. The van der Waals surface area contributed by atoms with Crippen molar-refractivity contribution in [1.29, 1.82) is 0 Å². The van der Waals surface area contributed by atoms with Gasteiger partial charge in [-0.1, -0.05) is 52.6 Å². The molecule has 0 spiro atoms. The molecule has 0 bridgehead atoms. The second kappa shape index (κ2) is 7.29. The first kappa shape index (κ1) is 12.9. The molecule has 0 aromatic heterocycles. The Balaban J connectivity index is 3.46. The molecule has 0 N–H and O–H groups in total. The largest absolute Gasteiger partial charge is 0.105 e. The third-order valence-corrected chi connectivity index (χ3v) is 3.34. The van der Waals surface area contributed by atoms with E-state index in [0.717, 1.165) is 13.2 Å². The average Bonchev–Trinajstić information content (AvgIpc) is 2.15. The minimum absolute atomic E-state index is 0.698. The molecule has 0 aromatic rings. The van der Waals surface area contributed by atoms with Crippen LogP contribution in [0.5, 0.6) is 0 Å². The molecular weight excluding hydrogens is 154 g/mol. The highest BCUT2D eigenvalue weighted by Gasteiger charge is 2.16. The molecule has 0 radical (unpaired) electrons. The Bertz CT molecular complexity index is 134. The predicted octanol–water partition coefficient (Wildman–Crippen LogP) is 3.94. The first-order valence-electron chi connectivity index (χ1n) is 5.74. The fourth-order valence-electron chi connectivity index (χ4n) is 1.57. The zero-order valence-corrected chi connectivity index (χ0v) is 9.84. The van der Waals surface area contributed by atoms with Crippen molar-refractivity contribution >= 4 is 13.2 Å². The summed E-state index contributed by atoms with van der Waals surface area (Å²) in [5, 5.41) is 0.